The number of nitrogens with zero attached hydrogens (tertiary/aromatic N) is 2. The maximum absolute atomic E-state index is 6.21. The third-order valence-corrected chi connectivity index (χ3v) is 6.36. The summed E-state index contributed by atoms with van der Waals surface area (Å²) in [5.41, 5.74) is 1.46. The molecule has 0 aromatic carbocycles. The van der Waals surface area contributed by atoms with E-state index >= 15 is 0 Å². The molecule has 0 amide bonds. The average Bonchev–Trinajstić information content (AvgIpc) is 3.25. The topological polar surface area (TPSA) is 47.0 Å². The second-order valence-corrected chi connectivity index (χ2v) is 8.91. The van der Waals surface area contributed by atoms with Crippen molar-refractivity contribution in [3.8, 4) is 5.88 Å². The molecule has 6 heteroatoms. The highest BCUT2D eigenvalue weighted by molar-refractivity contribution is 7.98. The molecule has 0 aliphatic heterocycles. The summed E-state index contributed by atoms with van der Waals surface area (Å²) in [6.07, 6.45) is 14.1. The van der Waals surface area contributed by atoms with Gasteiger partial charge in [-0.2, -0.15) is 11.8 Å². The lowest BCUT2D eigenvalue weighted by atomic mass is 9.98. The predicted molar refractivity (Wildman–Crippen MR) is 116 cm³/mol. The standard InChI is InChI=1S/C15H18N2OS.C3H8S.C2H7N/c1-2-5-10(6-3-1)18-14-13-11-7-4-8-12(11)19-15(13)17-9-16-14;1-3-4-2;1-3-2/h9-10H,1-8H2;3H2,1-2H3;3H,1-2H3. The maximum Gasteiger partial charge on any atom is 0.225 e. The fourth-order valence-corrected chi connectivity index (χ4v) is 4.55. The molecule has 0 radical (unpaired) electrons. The van der Waals surface area contributed by atoms with E-state index in [1.807, 2.05) is 37.2 Å². The van der Waals surface area contributed by atoms with Gasteiger partial charge in [0.2, 0.25) is 5.88 Å². The Labute approximate surface area is 166 Å². The number of fused-ring (bicyclic) bond motifs is 3. The van der Waals surface area contributed by atoms with E-state index in [-0.39, 0.29) is 0 Å². The average molecular weight is 396 g/mol. The number of thiophene rings is 1. The number of ether oxygens (including phenoxy) is 1. The molecule has 0 bridgehead atoms. The Balaban J connectivity index is 0.000000303. The summed E-state index contributed by atoms with van der Waals surface area (Å²) in [7, 11) is 3.75. The van der Waals surface area contributed by atoms with E-state index in [4.69, 9.17) is 4.74 Å². The normalized spacial score (nSPS) is 16.3. The number of aryl methyl sites for hydroxylation is 2. The molecule has 146 valence electrons. The predicted octanol–water partition coefficient (Wildman–Crippen LogP) is 5.10. The van der Waals surface area contributed by atoms with Gasteiger partial charge in [-0.1, -0.05) is 13.3 Å². The molecule has 2 aliphatic rings. The summed E-state index contributed by atoms with van der Waals surface area (Å²) in [5.74, 6) is 2.08. The molecule has 4 nitrogen and oxygen atoms in total. The quantitative estimate of drug-likeness (QED) is 0.784. The first-order valence-electron chi connectivity index (χ1n) is 9.74. The fraction of sp³-hybridized carbons (Fsp3) is 0.700. The van der Waals surface area contributed by atoms with Crippen LogP contribution in [0.15, 0.2) is 6.33 Å². The molecule has 26 heavy (non-hydrogen) atoms. The lowest BCUT2D eigenvalue weighted by molar-refractivity contribution is 0.151. The van der Waals surface area contributed by atoms with Crippen molar-refractivity contribution in [1.82, 2.24) is 15.3 Å². The first kappa shape index (κ1) is 21.5. The monoisotopic (exact) mass is 395 g/mol. The first-order chi connectivity index (χ1) is 12.7. The minimum absolute atomic E-state index is 0.365. The van der Waals surface area contributed by atoms with E-state index in [0.29, 0.717) is 6.10 Å². The van der Waals surface area contributed by atoms with Gasteiger partial charge in [0.1, 0.15) is 17.3 Å². The summed E-state index contributed by atoms with van der Waals surface area (Å²) in [6.45, 7) is 2.14. The van der Waals surface area contributed by atoms with Gasteiger partial charge in [-0.15, -0.1) is 11.3 Å². The lowest BCUT2D eigenvalue weighted by Gasteiger charge is -2.22. The van der Waals surface area contributed by atoms with Gasteiger partial charge in [0.25, 0.3) is 0 Å². The van der Waals surface area contributed by atoms with E-state index in [1.54, 1.807) is 6.33 Å². The number of thioether (sulfide) groups is 1. The van der Waals surface area contributed by atoms with Crippen LogP contribution in [-0.4, -0.2) is 42.2 Å². The van der Waals surface area contributed by atoms with Crippen LogP contribution in [0.3, 0.4) is 0 Å². The molecular formula is C20H33N3OS2. The molecule has 1 fully saturated rings. The molecule has 2 heterocycles. The van der Waals surface area contributed by atoms with Crippen molar-refractivity contribution in [1.29, 1.82) is 0 Å². The third kappa shape index (κ3) is 5.83. The van der Waals surface area contributed by atoms with Gasteiger partial charge in [-0.25, -0.2) is 9.97 Å². The van der Waals surface area contributed by atoms with Gasteiger partial charge < -0.3 is 10.1 Å². The van der Waals surface area contributed by atoms with Crippen molar-refractivity contribution in [3.05, 3.63) is 16.8 Å². The minimum atomic E-state index is 0.365. The van der Waals surface area contributed by atoms with Crippen LogP contribution in [-0.2, 0) is 12.8 Å². The molecular weight excluding hydrogens is 362 g/mol. The number of hydrogen-bond acceptors (Lipinski definition) is 6. The zero-order valence-corrected chi connectivity index (χ0v) is 18.3. The Bertz CT molecular complexity index is 652. The molecule has 0 spiro atoms. The summed E-state index contributed by atoms with van der Waals surface area (Å²) in [6, 6.07) is 0. The summed E-state index contributed by atoms with van der Waals surface area (Å²) in [5, 5.41) is 3.96. The van der Waals surface area contributed by atoms with Crippen LogP contribution in [0.4, 0.5) is 0 Å². The van der Waals surface area contributed by atoms with Gasteiger partial charge in [-0.3, -0.25) is 0 Å². The number of rotatable bonds is 3. The maximum atomic E-state index is 6.21. The van der Waals surface area contributed by atoms with Crippen molar-refractivity contribution in [2.45, 2.75) is 64.4 Å². The Kier molecular flexibility index (Phi) is 9.72. The van der Waals surface area contributed by atoms with Crippen LogP contribution in [0.1, 0.15) is 55.9 Å². The van der Waals surface area contributed by atoms with Crippen LogP contribution in [0, 0.1) is 0 Å². The van der Waals surface area contributed by atoms with Crippen LogP contribution >= 0.6 is 23.1 Å². The van der Waals surface area contributed by atoms with E-state index in [0.717, 1.165) is 10.7 Å². The van der Waals surface area contributed by atoms with E-state index in [9.17, 15) is 0 Å². The Morgan fingerprint density at radius 2 is 1.85 bits per heavy atom. The van der Waals surface area contributed by atoms with Crippen molar-refractivity contribution in [3.63, 3.8) is 0 Å². The summed E-state index contributed by atoms with van der Waals surface area (Å²) >= 11 is 3.69. The highest BCUT2D eigenvalue weighted by Crippen LogP contribution is 2.40. The number of aromatic nitrogens is 2. The smallest absolute Gasteiger partial charge is 0.225 e. The molecule has 0 unspecified atom stereocenters. The van der Waals surface area contributed by atoms with Crippen molar-refractivity contribution < 1.29 is 4.74 Å². The van der Waals surface area contributed by atoms with Crippen molar-refractivity contribution >= 4 is 33.3 Å². The van der Waals surface area contributed by atoms with Crippen molar-refractivity contribution in [2.24, 2.45) is 0 Å². The van der Waals surface area contributed by atoms with Gasteiger partial charge in [0.05, 0.1) is 5.39 Å². The number of nitrogens with one attached hydrogen (secondary N) is 1. The molecule has 4 rings (SSSR count). The fourth-order valence-electron chi connectivity index (χ4n) is 3.33. The molecule has 2 aromatic rings. The molecule has 2 aliphatic carbocycles. The van der Waals surface area contributed by atoms with Gasteiger partial charge >= 0.3 is 0 Å². The van der Waals surface area contributed by atoms with E-state index < -0.39 is 0 Å². The third-order valence-electron chi connectivity index (χ3n) is 4.59. The zero-order valence-electron chi connectivity index (χ0n) is 16.6. The van der Waals surface area contributed by atoms with Crippen LogP contribution in [0.2, 0.25) is 0 Å². The Hall–Kier alpha value is -0.850. The molecule has 1 saturated carbocycles. The second-order valence-electron chi connectivity index (χ2n) is 6.67. The largest absolute Gasteiger partial charge is 0.474 e. The van der Waals surface area contributed by atoms with Crippen LogP contribution in [0.5, 0.6) is 5.88 Å². The highest BCUT2D eigenvalue weighted by Gasteiger charge is 2.23. The minimum Gasteiger partial charge on any atom is -0.474 e. The lowest BCUT2D eigenvalue weighted by Crippen LogP contribution is -2.20. The molecule has 0 atom stereocenters. The van der Waals surface area contributed by atoms with Crippen molar-refractivity contribution in [2.75, 3.05) is 26.1 Å². The molecule has 2 aromatic heterocycles. The Morgan fingerprint density at radius 1 is 1.15 bits per heavy atom. The highest BCUT2D eigenvalue weighted by atomic mass is 32.2. The second kappa shape index (κ2) is 11.8. The summed E-state index contributed by atoms with van der Waals surface area (Å²) < 4.78 is 6.21. The summed E-state index contributed by atoms with van der Waals surface area (Å²) in [4.78, 5) is 11.5. The van der Waals surface area contributed by atoms with Crippen LogP contribution < -0.4 is 10.1 Å². The first-order valence-corrected chi connectivity index (χ1v) is 11.9. The zero-order chi connectivity index (χ0) is 18.8. The molecule has 1 N–H and O–H groups in total. The van der Waals surface area contributed by atoms with Gasteiger partial charge in [0, 0.05) is 4.88 Å². The Morgan fingerprint density at radius 3 is 2.50 bits per heavy atom. The molecule has 0 saturated heterocycles. The SMILES string of the molecule is CCSC.CNC.c1nc(OC2CCCCC2)c2c3c(sc2n1)CCC3. The van der Waals surface area contributed by atoms with Gasteiger partial charge in [-0.05, 0) is 76.6 Å². The van der Waals surface area contributed by atoms with E-state index in [2.05, 4.69) is 28.5 Å². The number of hydrogen-bond donors (Lipinski definition) is 1. The van der Waals surface area contributed by atoms with Gasteiger partial charge in [0.15, 0.2) is 0 Å². The van der Waals surface area contributed by atoms with E-state index in [1.165, 1.54) is 72.9 Å². The van der Waals surface area contributed by atoms with Crippen LogP contribution in [0.25, 0.3) is 10.2 Å².